The second kappa shape index (κ2) is 15.0. The van der Waals surface area contributed by atoms with Gasteiger partial charge in [0.15, 0.2) is 8.07 Å². The summed E-state index contributed by atoms with van der Waals surface area (Å²) in [7, 11) is -1.76. The standard InChI is InChI=1S/C54H51N3OSi3/c1-52(2,3)36-59-54(60-37-53(4,5)6)42-27-13-18-33-48(42)58-50-43(54)28-20-34-49(50)61(39-22-9-7-10-23-39,40-24-11-8-12-25-40)41-26-19-21-38(35-41)56-46-31-16-17-32-47(46)57-45-30-15-14-29-44(45)55-51(56)57/h7-35H,36-37H2,1-6H3. The second-order valence-corrected chi connectivity index (χ2v) is 26.1. The molecule has 7 aromatic carbocycles. The maximum atomic E-state index is 7.47. The average Bonchev–Trinajstić information content (AvgIpc) is 3.80. The van der Waals surface area contributed by atoms with Crippen molar-refractivity contribution >= 4 is 75.7 Å². The first kappa shape index (κ1) is 39.4. The number of para-hydroxylation sites is 6. The quantitative estimate of drug-likeness (QED) is 0.107. The Labute approximate surface area is 365 Å². The van der Waals surface area contributed by atoms with Crippen LogP contribution in [0.4, 0.5) is 0 Å². The van der Waals surface area contributed by atoms with Gasteiger partial charge in [0, 0.05) is 10.3 Å². The highest BCUT2D eigenvalue weighted by Gasteiger charge is 2.49. The van der Waals surface area contributed by atoms with Gasteiger partial charge in [-0.25, -0.2) is 4.98 Å². The first-order valence-corrected chi connectivity index (χ1v) is 25.9. The minimum absolute atomic E-state index is 0.172. The minimum atomic E-state index is -3.15. The molecule has 3 heterocycles. The van der Waals surface area contributed by atoms with E-state index in [0.717, 1.165) is 57.1 Å². The molecule has 0 saturated carbocycles. The summed E-state index contributed by atoms with van der Waals surface area (Å²) in [5.74, 6) is 2.95. The SMILES string of the molecule is CC(C)(C)C[Si]C1([Si]CC(C)(C)C)c2ccccc2Oc2c1cccc2[Si](c1ccccc1)(c1ccccc1)c1cccc(-n2c3ccccc3n3c4ccccc4nc23)c1. The highest BCUT2D eigenvalue weighted by atomic mass is 28.3. The Hall–Kier alpha value is -5.74. The highest BCUT2D eigenvalue weighted by molar-refractivity contribution is 7.20. The first-order valence-electron chi connectivity index (χ1n) is 21.5. The molecule has 4 radical (unpaired) electrons. The van der Waals surface area contributed by atoms with Crippen LogP contribution in [0.25, 0.3) is 33.5 Å². The van der Waals surface area contributed by atoms with E-state index in [2.05, 4.69) is 226 Å². The molecule has 2 aromatic heterocycles. The summed E-state index contributed by atoms with van der Waals surface area (Å²) < 4.78 is 12.0. The number of fused-ring (bicyclic) bond motifs is 7. The van der Waals surface area contributed by atoms with Crippen LogP contribution in [0.5, 0.6) is 11.5 Å². The topological polar surface area (TPSA) is 31.5 Å². The zero-order valence-corrected chi connectivity index (χ0v) is 38.9. The van der Waals surface area contributed by atoms with E-state index in [9.17, 15) is 0 Å². The summed E-state index contributed by atoms with van der Waals surface area (Å²) in [6, 6.07) is 67.5. The van der Waals surface area contributed by atoms with Crippen molar-refractivity contribution in [2.75, 3.05) is 0 Å². The van der Waals surface area contributed by atoms with Crippen LogP contribution in [0.1, 0.15) is 52.7 Å². The summed E-state index contributed by atoms with van der Waals surface area (Å²) in [5.41, 5.74) is 8.50. The third-order valence-corrected chi connectivity index (χ3v) is 22.6. The van der Waals surface area contributed by atoms with E-state index in [1.807, 2.05) is 0 Å². The van der Waals surface area contributed by atoms with Crippen LogP contribution < -0.4 is 25.5 Å². The van der Waals surface area contributed by atoms with Crippen LogP contribution in [-0.4, -0.2) is 41.1 Å². The van der Waals surface area contributed by atoms with Crippen molar-refractivity contribution in [2.24, 2.45) is 10.8 Å². The summed E-state index contributed by atoms with van der Waals surface area (Å²) in [6.07, 6.45) is 0. The number of benzene rings is 7. The lowest BCUT2D eigenvalue weighted by atomic mass is 9.98. The van der Waals surface area contributed by atoms with Crippen molar-refractivity contribution in [1.82, 2.24) is 14.0 Å². The molecule has 0 N–H and O–H groups in total. The van der Waals surface area contributed by atoms with Gasteiger partial charge in [0.2, 0.25) is 5.78 Å². The minimum Gasteiger partial charge on any atom is -0.457 e. The molecule has 0 unspecified atom stereocenters. The van der Waals surface area contributed by atoms with Gasteiger partial charge in [0.1, 0.15) is 11.5 Å². The molecule has 0 saturated heterocycles. The third-order valence-electron chi connectivity index (χ3n) is 12.2. The molecular formula is C54H51N3OSi3. The molecule has 0 amide bonds. The van der Waals surface area contributed by atoms with Gasteiger partial charge in [0.25, 0.3) is 0 Å². The van der Waals surface area contributed by atoms with Gasteiger partial charge in [-0.3, -0.25) is 8.97 Å². The van der Waals surface area contributed by atoms with Crippen molar-refractivity contribution in [3.8, 4) is 17.2 Å². The van der Waals surface area contributed by atoms with Crippen LogP contribution in [0.15, 0.2) is 176 Å². The van der Waals surface area contributed by atoms with Gasteiger partial charge in [-0.2, -0.15) is 0 Å². The summed E-state index contributed by atoms with van der Waals surface area (Å²) in [4.78, 5) is 5.28. The van der Waals surface area contributed by atoms with Crippen LogP contribution in [0.3, 0.4) is 0 Å². The van der Waals surface area contributed by atoms with E-state index in [0.29, 0.717) is 19.0 Å². The fraction of sp³-hybridized carbons (Fsp3) is 0.204. The van der Waals surface area contributed by atoms with E-state index in [-0.39, 0.29) is 15.5 Å². The zero-order chi connectivity index (χ0) is 42.0. The van der Waals surface area contributed by atoms with Crippen LogP contribution >= 0.6 is 0 Å². The Bertz CT molecular complexity index is 2990. The monoisotopic (exact) mass is 841 g/mol. The number of hydrogen-bond acceptors (Lipinski definition) is 2. The predicted octanol–water partition coefficient (Wildman–Crippen LogP) is 10.5. The molecule has 9 aromatic rings. The van der Waals surface area contributed by atoms with Crippen molar-refractivity contribution in [2.45, 2.75) is 58.3 Å². The maximum absolute atomic E-state index is 7.47. The molecule has 0 fully saturated rings. The fourth-order valence-electron chi connectivity index (χ4n) is 9.42. The number of imidazole rings is 2. The van der Waals surface area contributed by atoms with Crippen LogP contribution in [0, 0.1) is 10.8 Å². The van der Waals surface area contributed by atoms with Crippen molar-refractivity contribution in [3.05, 3.63) is 187 Å². The molecule has 1 aliphatic heterocycles. The van der Waals surface area contributed by atoms with Gasteiger partial charge in [-0.1, -0.05) is 187 Å². The zero-order valence-electron chi connectivity index (χ0n) is 35.9. The normalized spacial score (nSPS) is 13.9. The van der Waals surface area contributed by atoms with Gasteiger partial charge >= 0.3 is 0 Å². The molecule has 7 heteroatoms. The van der Waals surface area contributed by atoms with Crippen LogP contribution in [0.2, 0.25) is 12.1 Å². The predicted molar refractivity (Wildman–Crippen MR) is 260 cm³/mol. The molecule has 1 aliphatic rings. The Morgan fingerprint density at radius 1 is 0.541 bits per heavy atom. The summed E-state index contributed by atoms with van der Waals surface area (Å²) in [6.45, 7) is 14.4. The van der Waals surface area contributed by atoms with Gasteiger partial charge in [0.05, 0.1) is 41.1 Å². The smallest absolute Gasteiger partial charge is 0.220 e. The fourth-order valence-corrected chi connectivity index (χ4v) is 18.5. The van der Waals surface area contributed by atoms with E-state index in [1.165, 1.54) is 31.9 Å². The van der Waals surface area contributed by atoms with Crippen molar-refractivity contribution < 1.29 is 4.74 Å². The third kappa shape index (κ3) is 6.65. The number of aromatic nitrogens is 3. The Balaban J connectivity index is 1.29. The molecule has 300 valence electrons. The van der Waals surface area contributed by atoms with E-state index >= 15 is 0 Å². The highest BCUT2D eigenvalue weighted by Crippen LogP contribution is 2.49. The van der Waals surface area contributed by atoms with Crippen molar-refractivity contribution in [3.63, 3.8) is 0 Å². The molecule has 0 bridgehead atoms. The Morgan fingerprint density at radius 2 is 1.08 bits per heavy atom. The molecular weight excluding hydrogens is 791 g/mol. The number of nitrogens with zero attached hydrogens (tertiary/aromatic N) is 3. The maximum Gasteiger partial charge on any atom is 0.220 e. The first-order chi connectivity index (χ1) is 29.5. The van der Waals surface area contributed by atoms with Crippen molar-refractivity contribution in [1.29, 1.82) is 0 Å². The van der Waals surface area contributed by atoms with E-state index < -0.39 is 8.07 Å². The Morgan fingerprint density at radius 3 is 1.75 bits per heavy atom. The molecule has 61 heavy (non-hydrogen) atoms. The lowest BCUT2D eigenvalue weighted by Gasteiger charge is -2.45. The number of rotatable bonds is 9. The number of ether oxygens (including phenoxy) is 1. The summed E-state index contributed by atoms with van der Waals surface area (Å²) >= 11 is 0. The molecule has 4 nitrogen and oxygen atoms in total. The number of hydrogen-bond donors (Lipinski definition) is 0. The van der Waals surface area contributed by atoms with Gasteiger partial charge in [-0.15, -0.1) is 0 Å². The van der Waals surface area contributed by atoms with Crippen LogP contribution in [-0.2, 0) is 4.66 Å². The second-order valence-electron chi connectivity index (χ2n) is 19.0. The lowest BCUT2D eigenvalue weighted by Crippen LogP contribution is -2.75. The molecule has 10 rings (SSSR count). The molecule has 0 spiro atoms. The molecule has 0 atom stereocenters. The van der Waals surface area contributed by atoms with Gasteiger partial charge in [-0.05, 0) is 85.2 Å². The summed E-state index contributed by atoms with van der Waals surface area (Å²) in [5, 5.41) is 5.23. The van der Waals surface area contributed by atoms with E-state index in [4.69, 9.17) is 9.72 Å². The largest absolute Gasteiger partial charge is 0.457 e. The lowest BCUT2D eigenvalue weighted by molar-refractivity contribution is 0.441. The average molecular weight is 842 g/mol. The Kier molecular flexibility index (Phi) is 9.70. The molecule has 0 aliphatic carbocycles. The van der Waals surface area contributed by atoms with Gasteiger partial charge < -0.3 is 4.74 Å². The van der Waals surface area contributed by atoms with E-state index in [1.54, 1.807) is 0 Å².